The number of anilines is 1. The first-order valence-corrected chi connectivity index (χ1v) is 6.41. The third-order valence-corrected chi connectivity index (χ3v) is 2.96. The van der Waals surface area contributed by atoms with Crippen LogP contribution < -0.4 is 5.73 Å². The van der Waals surface area contributed by atoms with Gasteiger partial charge >= 0.3 is 0 Å². The van der Waals surface area contributed by atoms with E-state index in [2.05, 4.69) is 18.0 Å². The summed E-state index contributed by atoms with van der Waals surface area (Å²) in [5.41, 5.74) is 9.46. The zero-order chi connectivity index (χ0) is 13.0. The minimum Gasteiger partial charge on any atom is -0.438 e. The highest BCUT2D eigenvalue weighted by Gasteiger charge is 2.10. The van der Waals surface area contributed by atoms with Gasteiger partial charge in [0.25, 0.3) is 0 Å². The monoisotopic (exact) mass is 248 g/mol. The molecule has 0 atom stereocenters. The first-order chi connectivity index (χ1) is 8.74. The van der Waals surface area contributed by atoms with Crippen LogP contribution in [0.3, 0.4) is 0 Å². The number of nitrogens with zero attached hydrogens (tertiary/aromatic N) is 1. The van der Waals surface area contributed by atoms with E-state index in [1.165, 1.54) is 18.4 Å². The molecule has 2 aromatic rings. The van der Waals surface area contributed by atoms with E-state index in [-0.39, 0.29) is 0 Å². The van der Waals surface area contributed by atoms with Gasteiger partial charge in [0.1, 0.15) is 5.52 Å². The number of hydrogen-bond acceptors (Lipinski definition) is 4. The van der Waals surface area contributed by atoms with Crippen molar-refractivity contribution in [3.05, 3.63) is 23.6 Å². The molecule has 4 heteroatoms. The van der Waals surface area contributed by atoms with Crippen LogP contribution in [0.4, 0.5) is 5.69 Å². The van der Waals surface area contributed by atoms with E-state index in [4.69, 9.17) is 14.9 Å². The Labute approximate surface area is 107 Å². The molecule has 0 aliphatic rings. The number of aryl methyl sites for hydroxylation is 1. The fraction of sp³-hybridized carbons (Fsp3) is 0.500. The second-order valence-corrected chi connectivity index (χ2v) is 4.49. The van der Waals surface area contributed by atoms with Crippen LogP contribution in [0.25, 0.3) is 11.1 Å². The molecule has 0 saturated heterocycles. The number of hydrogen-bond donors (Lipinski definition) is 1. The van der Waals surface area contributed by atoms with Gasteiger partial charge in [0.15, 0.2) is 11.5 Å². The largest absolute Gasteiger partial charge is 0.438 e. The van der Waals surface area contributed by atoms with Crippen molar-refractivity contribution in [3.63, 3.8) is 0 Å². The van der Waals surface area contributed by atoms with Gasteiger partial charge in [0.2, 0.25) is 0 Å². The Morgan fingerprint density at radius 2 is 2.17 bits per heavy atom. The second-order valence-electron chi connectivity index (χ2n) is 4.49. The van der Waals surface area contributed by atoms with Crippen molar-refractivity contribution < 1.29 is 9.15 Å². The highest BCUT2D eigenvalue weighted by Crippen LogP contribution is 2.25. The molecule has 0 fully saturated rings. The van der Waals surface area contributed by atoms with Crippen LogP contribution in [0, 0.1) is 0 Å². The Kier molecular flexibility index (Phi) is 4.20. The molecule has 0 aliphatic heterocycles. The number of oxazole rings is 1. The Balaban J connectivity index is 2.27. The lowest BCUT2D eigenvalue weighted by Gasteiger charge is -2.01. The summed E-state index contributed by atoms with van der Waals surface area (Å²) in [6, 6.07) is 4.06. The second kappa shape index (κ2) is 5.87. The molecule has 0 amide bonds. The smallest absolute Gasteiger partial charge is 0.197 e. The standard InChI is InChI=1S/C14H20N2O2/c1-3-4-5-10-8-11(15)14-12(9-10)16-13(18-14)6-7-17-2/h8-9H,3-7,15H2,1-2H3. The van der Waals surface area contributed by atoms with Crippen molar-refractivity contribution in [1.29, 1.82) is 0 Å². The molecule has 2 rings (SSSR count). The summed E-state index contributed by atoms with van der Waals surface area (Å²) in [6.45, 7) is 2.79. The van der Waals surface area contributed by atoms with Crippen molar-refractivity contribution in [3.8, 4) is 0 Å². The number of rotatable bonds is 6. The third-order valence-electron chi connectivity index (χ3n) is 2.96. The molecule has 1 aromatic carbocycles. The van der Waals surface area contributed by atoms with Gasteiger partial charge in [0.05, 0.1) is 12.3 Å². The SMILES string of the molecule is CCCCc1cc(N)c2oc(CCOC)nc2c1. The number of benzene rings is 1. The van der Waals surface area contributed by atoms with Crippen molar-refractivity contribution in [1.82, 2.24) is 4.98 Å². The van der Waals surface area contributed by atoms with Gasteiger partial charge in [-0.25, -0.2) is 4.98 Å². The molecule has 18 heavy (non-hydrogen) atoms. The van der Waals surface area contributed by atoms with Crippen molar-refractivity contribution >= 4 is 16.8 Å². The molecule has 0 unspecified atom stereocenters. The lowest BCUT2D eigenvalue weighted by molar-refractivity contribution is 0.196. The number of unbranched alkanes of at least 4 members (excludes halogenated alkanes) is 1. The summed E-state index contributed by atoms with van der Waals surface area (Å²) < 4.78 is 10.7. The number of nitrogens with two attached hydrogens (primary N) is 1. The Morgan fingerprint density at radius 1 is 1.33 bits per heavy atom. The highest BCUT2D eigenvalue weighted by molar-refractivity contribution is 5.85. The Hall–Kier alpha value is -1.55. The predicted molar refractivity (Wildman–Crippen MR) is 72.6 cm³/mol. The molecule has 4 nitrogen and oxygen atoms in total. The van der Waals surface area contributed by atoms with Crippen LogP contribution in [0.5, 0.6) is 0 Å². The molecule has 0 aliphatic carbocycles. The summed E-state index contributed by atoms with van der Waals surface area (Å²) in [5, 5.41) is 0. The Morgan fingerprint density at radius 3 is 2.89 bits per heavy atom. The van der Waals surface area contributed by atoms with E-state index >= 15 is 0 Å². The normalized spacial score (nSPS) is 11.2. The molecule has 0 bridgehead atoms. The van der Waals surface area contributed by atoms with Crippen LogP contribution in [-0.4, -0.2) is 18.7 Å². The van der Waals surface area contributed by atoms with Crippen molar-refractivity contribution in [2.24, 2.45) is 0 Å². The minimum absolute atomic E-state index is 0.607. The molecule has 1 heterocycles. The average molecular weight is 248 g/mol. The molecule has 0 radical (unpaired) electrons. The van der Waals surface area contributed by atoms with Crippen LogP contribution in [0.2, 0.25) is 0 Å². The number of ether oxygens (including phenoxy) is 1. The summed E-state index contributed by atoms with van der Waals surface area (Å²) in [4.78, 5) is 4.45. The van der Waals surface area contributed by atoms with Gasteiger partial charge < -0.3 is 14.9 Å². The van der Waals surface area contributed by atoms with E-state index in [1.54, 1.807) is 7.11 Å². The Bertz CT molecular complexity index is 520. The number of aromatic nitrogens is 1. The predicted octanol–water partition coefficient (Wildman–Crippen LogP) is 2.94. The van der Waals surface area contributed by atoms with E-state index in [9.17, 15) is 0 Å². The van der Waals surface area contributed by atoms with Crippen LogP contribution in [0.15, 0.2) is 16.5 Å². The fourth-order valence-corrected chi connectivity index (χ4v) is 1.99. The van der Waals surface area contributed by atoms with E-state index in [0.717, 1.165) is 11.9 Å². The molecular formula is C14H20N2O2. The van der Waals surface area contributed by atoms with Crippen molar-refractivity contribution in [2.45, 2.75) is 32.6 Å². The van der Waals surface area contributed by atoms with Gasteiger partial charge in [-0.15, -0.1) is 0 Å². The van der Waals surface area contributed by atoms with Gasteiger partial charge in [-0.05, 0) is 30.5 Å². The van der Waals surface area contributed by atoms with Gasteiger partial charge in [-0.3, -0.25) is 0 Å². The fourth-order valence-electron chi connectivity index (χ4n) is 1.99. The zero-order valence-electron chi connectivity index (χ0n) is 11.0. The molecular weight excluding hydrogens is 228 g/mol. The van der Waals surface area contributed by atoms with Crippen LogP contribution in [-0.2, 0) is 17.6 Å². The molecule has 98 valence electrons. The van der Waals surface area contributed by atoms with Crippen LogP contribution >= 0.6 is 0 Å². The topological polar surface area (TPSA) is 61.3 Å². The average Bonchev–Trinajstić information content (AvgIpc) is 2.77. The molecule has 0 spiro atoms. The zero-order valence-corrected chi connectivity index (χ0v) is 11.0. The summed E-state index contributed by atoms with van der Waals surface area (Å²) in [5.74, 6) is 0.686. The maximum Gasteiger partial charge on any atom is 0.197 e. The van der Waals surface area contributed by atoms with Gasteiger partial charge in [-0.2, -0.15) is 0 Å². The summed E-state index contributed by atoms with van der Waals surface area (Å²) in [6.07, 6.45) is 4.06. The van der Waals surface area contributed by atoms with Gasteiger partial charge in [0, 0.05) is 13.5 Å². The minimum atomic E-state index is 0.607. The number of fused-ring (bicyclic) bond motifs is 1. The lowest BCUT2D eigenvalue weighted by atomic mass is 10.1. The van der Waals surface area contributed by atoms with Crippen molar-refractivity contribution in [2.75, 3.05) is 19.5 Å². The molecule has 1 aromatic heterocycles. The molecule has 2 N–H and O–H groups in total. The van der Waals surface area contributed by atoms with E-state index < -0.39 is 0 Å². The summed E-state index contributed by atoms with van der Waals surface area (Å²) >= 11 is 0. The van der Waals surface area contributed by atoms with E-state index in [1.807, 2.05) is 6.07 Å². The quantitative estimate of drug-likeness (QED) is 0.798. The summed E-state index contributed by atoms with van der Waals surface area (Å²) in [7, 11) is 1.67. The number of nitrogen functional groups attached to an aromatic ring is 1. The first-order valence-electron chi connectivity index (χ1n) is 6.41. The van der Waals surface area contributed by atoms with E-state index in [0.29, 0.717) is 30.2 Å². The third kappa shape index (κ3) is 2.82. The maximum atomic E-state index is 6.01. The van der Waals surface area contributed by atoms with Crippen LogP contribution in [0.1, 0.15) is 31.2 Å². The van der Waals surface area contributed by atoms with Gasteiger partial charge in [-0.1, -0.05) is 13.3 Å². The molecule has 0 saturated carbocycles. The highest BCUT2D eigenvalue weighted by atomic mass is 16.5. The maximum absolute atomic E-state index is 6.01. The number of methoxy groups -OCH3 is 1. The first kappa shape index (κ1) is 12.9. The lowest BCUT2D eigenvalue weighted by Crippen LogP contribution is -1.93.